The summed E-state index contributed by atoms with van der Waals surface area (Å²) in [4.78, 5) is 0. The Labute approximate surface area is 200 Å². The van der Waals surface area contributed by atoms with E-state index in [2.05, 4.69) is 0 Å². The van der Waals surface area contributed by atoms with E-state index >= 15 is 0 Å². The average Bonchev–Trinajstić information content (AvgIpc) is 3.32. The molecule has 9 heteroatoms. The van der Waals surface area contributed by atoms with Gasteiger partial charge < -0.3 is 32.7 Å². The molecule has 0 unspecified atom stereocenters. The third kappa shape index (κ3) is 5.78. The van der Waals surface area contributed by atoms with Gasteiger partial charge in [0, 0.05) is 14.2 Å². The highest BCUT2D eigenvalue weighted by molar-refractivity contribution is 7.54. The maximum atomic E-state index is 13.6. The third-order valence-electron chi connectivity index (χ3n) is 6.01. The summed E-state index contributed by atoms with van der Waals surface area (Å²) in [5.41, 5.74) is 1.25. The highest BCUT2D eigenvalue weighted by atomic mass is 31.2. The lowest BCUT2D eigenvalue weighted by Gasteiger charge is -2.33. The van der Waals surface area contributed by atoms with E-state index in [0.717, 1.165) is 11.1 Å². The fourth-order valence-electron chi connectivity index (χ4n) is 4.35. The predicted molar refractivity (Wildman–Crippen MR) is 125 cm³/mol. The number of fused-ring (bicyclic) bond motifs is 1. The second-order valence-corrected chi connectivity index (χ2v) is 11.3. The molecule has 0 spiro atoms. The van der Waals surface area contributed by atoms with Crippen LogP contribution < -0.4 is 0 Å². The Hall–Kier alpha value is -1.61. The van der Waals surface area contributed by atoms with Crippen molar-refractivity contribution >= 4 is 7.60 Å². The minimum absolute atomic E-state index is 0.0759. The van der Waals surface area contributed by atoms with Gasteiger partial charge in [0.1, 0.15) is 24.0 Å². The monoisotopic (exact) mass is 492 g/mol. The Morgan fingerprint density at radius 1 is 0.912 bits per heavy atom. The van der Waals surface area contributed by atoms with Crippen molar-refractivity contribution in [1.29, 1.82) is 0 Å². The first-order valence-electron chi connectivity index (χ1n) is 11.3. The molecule has 2 aliphatic heterocycles. The van der Waals surface area contributed by atoms with Crippen molar-refractivity contribution in [2.75, 3.05) is 20.8 Å². The zero-order valence-corrected chi connectivity index (χ0v) is 20.9. The van der Waals surface area contributed by atoms with Crippen LogP contribution in [-0.4, -0.2) is 56.9 Å². The first-order chi connectivity index (χ1) is 16.3. The molecule has 186 valence electrons. The van der Waals surface area contributed by atoms with Crippen LogP contribution in [-0.2, 0) is 50.5 Å². The second-order valence-electron chi connectivity index (χ2n) is 8.80. The van der Waals surface area contributed by atoms with Crippen molar-refractivity contribution in [2.45, 2.75) is 63.1 Å². The van der Waals surface area contributed by atoms with E-state index in [9.17, 15) is 4.57 Å². The Morgan fingerprint density at radius 2 is 1.50 bits per heavy atom. The quantitative estimate of drug-likeness (QED) is 0.424. The van der Waals surface area contributed by atoms with Crippen LogP contribution in [0.3, 0.4) is 0 Å². The van der Waals surface area contributed by atoms with Crippen molar-refractivity contribution in [1.82, 2.24) is 0 Å². The zero-order chi connectivity index (χ0) is 24.2. The van der Waals surface area contributed by atoms with E-state index < -0.39 is 43.6 Å². The van der Waals surface area contributed by atoms with Crippen molar-refractivity contribution in [3.63, 3.8) is 0 Å². The third-order valence-corrected chi connectivity index (χ3v) is 8.28. The topological polar surface area (TPSA) is 81.7 Å². The average molecular weight is 493 g/mol. The van der Waals surface area contributed by atoms with Crippen molar-refractivity contribution in [2.24, 2.45) is 0 Å². The zero-order valence-electron chi connectivity index (χ0n) is 20.0. The van der Waals surface area contributed by atoms with Gasteiger partial charge in [-0.15, -0.1) is 0 Å². The summed E-state index contributed by atoms with van der Waals surface area (Å²) in [6, 6.07) is 19.6. The van der Waals surface area contributed by atoms with Crippen LogP contribution in [0, 0.1) is 0 Å². The molecule has 8 nitrogen and oxygen atoms in total. The van der Waals surface area contributed by atoms with E-state index in [4.69, 9.17) is 32.7 Å². The van der Waals surface area contributed by atoms with Crippen LogP contribution in [0.1, 0.15) is 25.0 Å². The van der Waals surface area contributed by atoms with E-state index in [1.54, 1.807) is 0 Å². The molecule has 34 heavy (non-hydrogen) atoms. The van der Waals surface area contributed by atoms with Gasteiger partial charge in [0.15, 0.2) is 12.1 Å². The number of hydrogen-bond donors (Lipinski definition) is 0. The molecule has 0 radical (unpaired) electrons. The number of benzene rings is 2. The molecule has 5 atom stereocenters. The number of rotatable bonds is 11. The summed E-state index contributed by atoms with van der Waals surface area (Å²) >= 11 is 0. The molecule has 0 bridgehead atoms. The molecule has 0 N–H and O–H groups in total. The van der Waals surface area contributed by atoms with Gasteiger partial charge in [0.05, 0.1) is 19.8 Å². The molecule has 2 aromatic rings. The number of ether oxygens (including phenoxy) is 5. The number of hydrogen-bond acceptors (Lipinski definition) is 8. The lowest BCUT2D eigenvalue weighted by atomic mass is 10.1. The summed E-state index contributed by atoms with van der Waals surface area (Å²) in [5.74, 6) is -0.819. The summed E-state index contributed by atoms with van der Waals surface area (Å²) in [5, 5.41) is 0. The van der Waals surface area contributed by atoms with Crippen LogP contribution in [0.2, 0.25) is 0 Å². The molecule has 0 amide bonds. The fraction of sp³-hybridized carbons (Fsp3) is 0.520. The van der Waals surface area contributed by atoms with Crippen LogP contribution >= 0.6 is 7.60 Å². The van der Waals surface area contributed by atoms with E-state index in [1.165, 1.54) is 14.2 Å². The normalized spacial score (nSPS) is 26.9. The standard InChI is InChI=1S/C25H33O8P/c1-25(2)32-23-22(30-16-19-13-9-6-10-14-19)21(31-24(23)33-25)20(34(26,27-3)28-4)17-29-15-18-11-7-5-8-12-18/h5-14,20-24H,15-17H2,1-4H3/t20-,21-,22+,23-,24-/m1/s1. The van der Waals surface area contributed by atoms with Gasteiger partial charge in [-0.1, -0.05) is 60.7 Å². The smallest absolute Gasteiger partial charge is 0.338 e. The maximum Gasteiger partial charge on any atom is 0.338 e. The van der Waals surface area contributed by atoms with Gasteiger partial charge in [-0.05, 0) is 25.0 Å². The van der Waals surface area contributed by atoms with Gasteiger partial charge in [-0.2, -0.15) is 0 Å². The minimum atomic E-state index is -3.61. The minimum Gasteiger partial charge on any atom is -0.376 e. The van der Waals surface area contributed by atoms with Crippen LogP contribution in [0.25, 0.3) is 0 Å². The molecule has 2 heterocycles. The van der Waals surface area contributed by atoms with Gasteiger partial charge in [-0.25, -0.2) is 0 Å². The summed E-state index contributed by atoms with van der Waals surface area (Å²) < 4.78 is 55.0. The Kier molecular flexibility index (Phi) is 8.23. The lowest BCUT2D eigenvalue weighted by Crippen LogP contribution is -2.44. The molecular formula is C25H33O8P. The molecule has 0 saturated carbocycles. The molecule has 2 fully saturated rings. The van der Waals surface area contributed by atoms with Crippen LogP contribution in [0.4, 0.5) is 0 Å². The molecule has 2 aliphatic rings. The van der Waals surface area contributed by atoms with Gasteiger partial charge in [-0.3, -0.25) is 4.57 Å². The lowest BCUT2D eigenvalue weighted by molar-refractivity contribution is -0.220. The highest BCUT2D eigenvalue weighted by Crippen LogP contribution is 2.56. The van der Waals surface area contributed by atoms with Crippen LogP contribution in [0.5, 0.6) is 0 Å². The van der Waals surface area contributed by atoms with E-state index in [-0.39, 0.29) is 6.61 Å². The second kappa shape index (κ2) is 11.0. The summed E-state index contributed by atoms with van der Waals surface area (Å²) in [7, 11) is -0.885. The molecule has 0 aliphatic carbocycles. The molecule has 2 saturated heterocycles. The Bertz CT molecular complexity index is 946. The molecule has 0 aromatic heterocycles. The van der Waals surface area contributed by atoms with Gasteiger partial charge in [0.25, 0.3) is 0 Å². The summed E-state index contributed by atoms with van der Waals surface area (Å²) in [6.45, 7) is 4.41. The van der Waals surface area contributed by atoms with Crippen molar-refractivity contribution < 1.29 is 37.3 Å². The van der Waals surface area contributed by atoms with E-state index in [0.29, 0.717) is 13.2 Å². The first-order valence-corrected chi connectivity index (χ1v) is 13.0. The van der Waals surface area contributed by atoms with Gasteiger partial charge >= 0.3 is 7.60 Å². The fourth-order valence-corrected chi connectivity index (χ4v) is 5.93. The SMILES string of the molecule is COP(=O)(OC)[C@H](COCc1ccccc1)[C@H]1O[C@@H]2OC(C)(C)O[C@@H]2[C@H]1OCc1ccccc1. The summed E-state index contributed by atoms with van der Waals surface area (Å²) in [6.07, 6.45) is -2.44. The Morgan fingerprint density at radius 3 is 2.09 bits per heavy atom. The molecule has 2 aromatic carbocycles. The Balaban J connectivity index is 1.55. The maximum absolute atomic E-state index is 13.6. The highest BCUT2D eigenvalue weighted by Gasteiger charge is 2.60. The van der Waals surface area contributed by atoms with Crippen LogP contribution in [0.15, 0.2) is 60.7 Å². The predicted octanol–water partition coefficient (Wildman–Crippen LogP) is 4.52. The van der Waals surface area contributed by atoms with Crippen molar-refractivity contribution in [3.8, 4) is 0 Å². The molecule has 4 rings (SSSR count). The van der Waals surface area contributed by atoms with E-state index in [1.807, 2.05) is 74.5 Å². The van der Waals surface area contributed by atoms with Crippen molar-refractivity contribution in [3.05, 3.63) is 71.8 Å². The first kappa shape index (κ1) is 25.5. The van der Waals surface area contributed by atoms with Gasteiger partial charge in [0.2, 0.25) is 0 Å². The largest absolute Gasteiger partial charge is 0.376 e. The molecular weight excluding hydrogens is 459 g/mol.